The van der Waals surface area contributed by atoms with Gasteiger partial charge in [0.15, 0.2) is 0 Å². The fourth-order valence-corrected chi connectivity index (χ4v) is 2.40. The van der Waals surface area contributed by atoms with Gasteiger partial charge in [0.1, 0.15) is 11.8 Å². The molecule has 21 heavy (non-hydrogen) atoms. The number of nitriles is 1. The lowest BCUT2D eigenvalue weighted by molar-refractivity contribution is 0.574. The van der Waals surface area contributed by atoms with Crippen LogP contribution in [0.4, 0.5) is 0 Å². The molecule has 0 aliphatic heterocycles. The normalized spacial score (nSPS) is 12.4. The van der Waals surface area contributed by atoms with Crippen LogP contribution >= 0.6 is 0 Å². The van der Waals surface area contributed by atoms with Crippen LogP contribution in [0.15, 0.2) is 36.5 Å². The summed E-state index contributed by atoms with van der Waals surface area (Å²) in [4.78, 5) is 0. The van der Waals surface area contributed by atoms with Crippen LogP contribution in [-0.4, -0.2) is 4.57 Å². The zero-order valence-electron chi connectivity index (χ0n) is 13.2. The molecule has 2 rings (SSSR count). The summed E-state index contributed by atoms with van der Waals surface area (Å²) in [5.74, 6) is 0.566. The maximum absolute atomic E-state index is 8.97. The van der Waals surface area contributed by atoms with Crippen LogP contribution in [0.1, 0.15) is 55.1 Å². The van der Waals surface area contributed by atoms with Crippen LogP contribution in [0.3, 0.4) is 0 Å². The largest absolute Gasteiger partial charge is 0.342 e. The van der Waals surface area contributed by atoms with E-state index in [1.807, 2.05) is 23.9 Å². The van der Waals surface area contributed by atoms with Crippen LogP contribution in [0.25, 0.3) is 0 Å². The molecule has 0 amide bonds. The second-order valence-electron chi connectivity index (χ2n) is 5.88. The first-order valence-electron chi connectivity index (χ1n) is 7.40. The van der Waals surface area contributed by atoms with Gasteiger partial charge in [-0.2, -0.15) is 5.26 Å². The van der Waals surface area contributed by atoms with E-state index < -0.39 is 0 Å². The molecule has 0 bridgehead atoms. The van der Waals surface area contributed by atoms with E-state index in [0.717, 1.165) is 12.1 Å². The average Bonchev–Trinajstić information content (AvgIpc) is 2.85. The first-order chi connectivity index (χ1) is 10.0. The van der Waals surface area contributed by atoms with Crippen molar-refractivity contribution in [2.45, 2.75) is 39.3 Å². The van der Waals surface area contributed by atoms with Gasteiger partial charge >= 0.3 is 0 Å². The second kappa shape index (κ2) is 6.60. The first kappa shape index (κ1) is 15.3. The van der Waals surface area contributed by atoms with Crippen LogP contribution in [0.5, 0.6) is 0 Å². The van der Waals surface area contributed by atoms with Crippen molar-refractivity contribution in [2.75, 3.05) is 0 Å². The molecule has 0 saturated heterocycles. The molecule has 0 saturated carbocycles. The highest BCUT2D eigenvalue weighted by Crippen LogP contribution is 2.19. The molecule has 3 nitrogen and oxygen atoms in total. The van der Waals surface area contributed by atoms with Gasteiger partial charge in [0, 0.05) is 25.8 Å². The highest BCUT2D eigenvalue weighted by Gasteiger charge is 2.07. The Morgan fingerprint density at radius 3 is 2.29 bits per heavy atom. The predicted octanol–water partition coefficient (Wildman–Crippen LogP) is 3.87. The molecular formula is C18H23N3. The molecule has 0 aliphatic carbocycles. The predicted molar refractivity (Wildman–Crippen MR) is 85.9 cm³/mol. The van der Waals surface area contributed by atoms with E-state index in [2.05, 4.69) is 56.4 Å². The topological polar surface area (TPSA) is 40.8 Å². The number of nitrogens with one attached hydrogen (secondary N) is 1. The van der Waals surface area contributed by atoms with Crippen LogP contribution in [-0.2, 0) is 13.6 Å². The van der Waals surface area contributed by atoms with Gasteiger partial charge in [0.25, 0.3) is 0 Å². The van der Waals surface area contributed by atoms with Crippen molar-refractivity contribution in [3.63, 3.8) is 0 Å². The number of hydrogen-bond acceptors (Lipinski definition) is 2. The molecule has 1 aromatic carbocycles. The summed E-state index contributed by atoms with van der Waals surface area (Å²) in [6.45, 7) is 7.35. The average molecular weight is 281 g/mol. The van der Waals surface area contributed by atoms with E-state index in [1.165, 1.54) is 11.1 Å². The zero-order valence-corrected chi connectivity index (χ0v) is 13.2. The fourth-order valence-electron chi connectivity index (χ4n) is 2.40. The quantitative estimate of drug-likeness (QED) is 0.903. The molecule has 0 spiro atoms. The molecular weight excluding hydrogens is 258 g/mol. The molecule has 0 aliphatic rings. The maximum atomic E-state index is 8.97. The van der Waals surface area contributed by atoms with Gasteiger partial charge in [-0.05, 0) is 35.6 Å². The summed E-state index contributed by atoms with van der Waals surface area (Å²) < 4.78 is 1.86. The molecule has 0 radical (unpaired) electrons. The van der Waals surface area contributed by atoms with Crippen molar-refractivity contribution in [2.24, 2.45) is 7.05 Å². The molecule has 3 heteroatoms. The third-order valence-corrected chi connectivity index (χ3v) is 3.89. The molecule has 1 N–H and O–H groups in total. The second-order valence-corrected chi connectivity index (χ2v) is 5.88. The van der Waals surface area contributed by atoms with E-state index in [4.69, 9.17) is 5.26 Å². The maximum Gasteiger partial charge on any atom is 0.120 e. The Morgan fingerprint density at radius 2 is 1.76 bits per heavy atom. The van der Waals surface area contributed by atoms with E-state index in [0.29, 0.717) is 11.6 Å². The van der Waals surface area contributed by atoms with Crippen molar-refractivity contribution in [1.29, 1.82) is 5.26 Å². The zero-order chi connectivity index (χ0) is 15.4. The van der Waals surface area contributed by atoms with Gasteiger partial charge in [-0.3, -0.25) is 0 Å². The minimum Gasteiger partial charge on any atom is -0.342 e. The standard InChI is InChI=1S/C18H23N3/c1-13(2)16-5-7-17(8-6-16)14(3)20-11-15-9-18(10-19)21(4)12-15/h5-9,12-14,20H,11H2,1-4H3. The number of benzene rings is 1. The van der Waals surface area contributed by atoms with Gasteiger partial charge in [-0.1, -0.05) is 38.1 Å². The fraction of sp³-hybridized carbons (Fsp3) is 0.389. The smallest absolute Gasteiger partial charge is 0.120 e. The minimum absolute atomic E-state index is 0.289. The Balaban J connectivity index is 1.97. The summed E-state index contributed by atoms with van der Waals surface area (Å²) in [6.07, 6.45) is 2.00. The monoisotopic (exact) mass is 281 g/mol. The third-order valence-electron chi connectivity index (χ3n) is 3.89. The lowest BCUT2D eigenvalue weighted by Crippen LogP contribution is -2.17. The number of hydrogen-bond donors (Lipinski definition) is 1. The summed E-state index contributed by atoms with van der Waals surface area (Å²) in [5.41, 5.74) is 4.49. The van der Waals surface area contributed by atoms with E-state index in [9.17, 15) is 0 Å². The molecule has 1 heterocycles. The van der Waals surface area contributed by atoms with Crippen LogP contribution in [0.2, 0.25) is 0 Å². The minimum atomic E-state index is 0.289. The van der Waals surface area contributed by atoms with Crippen molar-refractivity contribution in [3.8, 4) is 6.07 Å². The summed E-state index contributed by atoms with van der Waals surface area (Å²) in [5, 5.41) is 12.5. The number of nitrogens with zero attached hydrogens (tertiary/aromatic N) is 2. The number of aryl methyl sites for hydroxylation is 1. The Labute approximate surface area is 127 Å². The Bertz CT molecular complexity index is 629. The molecule has 1 aromatic heterocycles. The highest BCUT2D eigenvalue weighted by atomic mass is 14.9. The Kier molecular flexibility index (Phi) is 4.82. The SMILES string of the molecule is CC(C)c1ccc(C(C)NCc2cc(C#N)n(C)c2)cc1. The van der Waals surface area contributed by atoms with Crippen molar-refractivity contribution in [1.82, 2.24) is 9.88 Å². The van der Waals surface area contributed by atoms with Crippen molar-refractivity contribution >= 4 is 0 Å². The van der Waals surface area contributed by atoms with Gasteiger partial charge in [-0.15, -0.1) is 0 Å². The van der Waals surface area contributed by atoms with E-state index in [-0.39, 0.29) is 6.04 Å². The van der Waals surface area contributed by atoms with E-state index >= 15 is 0 Å². The van der Waals surface area contributed by atoms with Gasteiger partial charge in [-0.25, -0.2) is 0 Å². The Hall–Kier alpha value is -2.05. The molecule has 0 fully saturated rings. The summed E-state index contributed by atoms with van der Waals surface area (Å²) >= 11 is 0. The van der Waals surface area contributed by atoms with Crippen LogP contribution in [0, 0.1) is 11.3 Å². The van der Waals surface area contributed by atoms with Crippen LogP contribution < -0.4 is 5.32 Å². The summed E-state index contributed by atoms with van der Waals surface area (Å²) in [6, 6.07) is 13.2. The molecule has 2 aromatic rings. The lowest BCUT2D eigenvalue weighted by Gasteiger charge is -2.15. The Morgan fingerprint density at radius 1 is 1.14 bits per heavy atom. The van der Waals surface area contributed by atoms with Crippen molar-refractivity contribution < 1.29 is 0 Å². The lowest BCUT2D eigenvalue weighted by atomic mass is 9.99. The molecule has 1 atom stereocenters. The van der Waals surface area contributed by atoms with Crippen molar-refractivity contribution in [3.05, 3.63) is 58.9 Å². The third kappa shape index (κ3) is 3.74. The van der Waals surface area contributed by atoms with Gasteiger partial charge in [0.2, 0.25) is 0 Å². The first-order valence-corrected chi connectivity index (χ1v) is 7.40. The van der Waals surface area contributed by atoms with Gasteiger partial charge < -0.3 is 9.88 Å². The summed E-state index contributed by atoms with van der Waals surface area (Å²) in [7, 11) is 1.90. The highest BCUT2D eigenvalue weighted by molar-refractivity contribution is 5.29. The van der Waals surface area contributed by atoms with Gasteiger partial charge in [0.05, 0.1) is 0 Å². The molecule has 110 valence electrons. The van der Waals surface area contributed by atoms with E-state index in [1.54, 1.807) is 0 Å². The number of aromatic nitrogens is 1. The number of rotatable bonds is 5. The molecule has 1 unspecified atom stereocenters.